The maximum Gasteiger partial charge on any atom is 0.303 e. The summed E-state index contributed by atoms with van der Waals surface area (Å²) in [6, 6.07) is 24.6. The number of esters is 1. The predicted octanol–water partition coefficient (Wildman–Crippen LogP) is 4.63. The maximum atomic E-state index is 12.6. The van der Waals surface area contributed by atoms with Crippen LogP contribution in [0.15, 0.2) is 84.0 Å². The van der Waals surface area contributed by atoms with E-state index in [0.29, 0.717) is 22.2 Å². The lowest BCUT2D eigenvalue weighted by Gasteiger charge is -2.41. The van der Waals surface area contributed by atoms with Gasteiger partial charge in [-0.3, -0.25) is 9.59 Å². The van der Waals surface area contributed by atoms with Crippen LogP contribution in [0, 0.1) is 5.92 Å². The fourth-order valence-corrected chi connectivity index (χ4v) is 5.83. The van der Waals surface area contributed by atoms with Gasteiger partial charge < -0.3 is 24.6 Å². The van der Waals surface area contributed by atoms with Crippen LogP contribution in [0.4, 0.5) is 5.69 Å². The van der Waals surface area contributed by atoms with Gasteiger partial charge in [-0.2, -0.15) is 4.68 Å². The van der Waals surface area contributed by atoms with E-state index in [2.05, 4.69) is 27.8 Å². The molecule has 0 saturated carbocycles. The molecule has 1 aliphatic heterocycles. The molecule has 0 radical (unpaired) electrons. The van der Waals surface area contributed by atoms with Gasteiger partial charge in [0.05, 0.1) is 24.5 Å². The first-order chi connectivity index (χ1) is 20.8. The van der Waals surface area contributed by atoms with E-state index in [0.717, 1.165) is 16.8 Å². The Kier molecular flexibility index (Phi) is 9.82. The number of carbonyl (C=O) groups excluding carboxylic acids is 2. The number of aliphatic hydroxyl groups is 1. The Labute approximate surface area is 253 Å². The van der Waals surface area contributed by atoms with Crippen molar-refractivity contribution in [3.8, 4) is 5.69 Å². The lowest BCUT2D eigenvalue weighted by atomic mass is 9.91. The molecule has 0 bridgehead atoms. The summed E-state index contributed by atoms with van der Waals surface area (Å²) in [7, 11) is 0. The van der Waals surface area contributed by atoms with Crippen LogP contribution < -0.4 is 5.32 Å². The van der Waals surface area contributed by atoms with Crippen LogP contribution in [0.1, 0.15) is 49.9 Å². The highest BCUT2D eigenvalue weighted by atomic mass is 32.2. The zero-order chi connectivity index (χ0) is 30.3. The second-order valence-electron chi connectivity index (χ2n) is 10.2. The van der Waals surface area contributed by atoms with Gasteiger partial charge >= 0.3 is 5.97 Å². The highest BCUT2D eigenvalue weighted by Gasteiger charge is 2.38. The van der Waals surface area contributed by atoms with Crippen molar-refractivity contribution in [2.45, 2.75) is 57.1 Å². The Balaban J connectivity index is 1.38. The summed E-state index contributed by atoms with van der Waals surface area (Å²) >= 11 is 1.49. The number of nitrogens with one attached hydrogen (secondary N) is 1. The number of aromatic nitrogens is 4. The number of thioether (sulfide) groups is 1. The number of anilines is 1. The minimum atomic E-state index is -0.940. The molecule has 2 N–H and O–H groups in total. The number of aliphatic hydroxyl groups excluding tert-OH is 1. The van der Waals surface area contributed by atoms with Crippen LogP contribution in [-0.4, -0.2) is 55.2 Å². The van der Waals surface area contributed by atoms with Gasteiger partial charge in [0.2, 0.25) is 5.16 Å². The zero-order valence-corrected chi connectivity index (χ0v) is 24.8. The molecule has 11 nitrogen and oxygen atoms in total. The predicted molar refractivity (Wildman–Crippen MR) is 159 cm³/mol. The van der Waals surface area contributed by atoms with Gasteiger partial charge in [-0.05, 0) is 52.7 Å². The van der Waals surface area contributed by atoms with E-state index in [1.54, 1.807) is 22.9 Å². The van der Waals surface area contributed by atoms with Crippen molar-refractivity contribution in [2.24, 2.45) is 5.92 Å². The van der Waals surface area contributed by atoms with Crippen molar-refractivity contribution in [1.82, 2.24) is 20.2 Å². The Morgan fingerprint density at radius 3 is 2.53 bits per heavy atom. The Hall–Kier alpha value is -4.10. The van der Waals surface area contributed by atoms with E-state index in [1.807, 2.05) is 60.7 Å². The number of hydrogen-bond donors (Lipinski definition) is 2. The lowest BCUT2D eigenvalue weighted by molar-refractivity contribution is -0.268. The lowest BCUT2D eigenvalue weighted by Crippen LogP contribution is -2.38. The third kappa shape index (κ3) is 7.46. The highest BCUT2D eigenvalue weighted by molar-refractivity contribution is 7.99. The van der Waals surface area contributed by atoms with Gasteiger partial charge in [0.25, 0.3) is 5.91 Å². The average molecular weight is 604 g/mol. The molecule has 4 aromatic rings. The first-order valence-electron chi connectivity index (χ1n) is 13.9. The minimum Gasteiger partial charge on any atom is -0.453 e. The quantitative estimate of drug-likeness (QED) is 0.195. The number of nitrogens with zero attached hydrogens (tertiary/aromatic N) is 4. The third-order valence-electron chi connectivity index (χ3n) is 7.08. The fraction of sp³-hybridized carbons (Fsp3) is 0.323. The van der Waals surface area contributed by atoms with Crippen molar-refractivity contribution in [3.05, 3.63) is 95.6 Å². The van der Waals surface area contributed by atoms with Crippen molar-refractivity contribution < 1.29 is 28.9 Å². The van der Waals surface area contributed by atoms with Crippen LogP contribution in [0.25, 0.3) is 5.69 Å². The van der Waals surface area contributed by atoms with Crippen LogP contribution in [0.5, 0.6) is 0 Å². The summed E-state index contributed by atoms with van der Waals surface area (Å²) in [5, 5.41) is 25.2. The number of rotatable bonds is 10. The summed E-state index contributed by atoms with van der Waals surface area (Å²) in [6.45, 7) is 4.81. The van der Waals surface area contributed by atoms with E-state index >= 15 is 0 Å². The average Bonchev–Trinajstić information content (AvgIpc) is 3.49. The SMILES string of the molecule is CC(=O)O[C@@H](C)C(=O)Nc1cccc([C@@H]2O[C@H](CSc3nnnn3-c3ccccc3)[C@H](C)[C@H](c3ccc(CO)cc3)O2)c1. The molecule has 3 aromatic carbocycles. The monoisotopic (exact) mass is 603 g/mol. The summed E-state index contributed by atoms with van der Waals surface area (Å²) < 4.78 is 19.8. The molecule has 1 aromatic heterocycles. The van der Waals surface area contributed by atoms with Gasteiger partial charge in [-0.1, -0.05) is 73.3 Å². The van der Waals surface area contributed by atoms with Crippen LogP contribution in [0.2, 0.25) is 0 Å². The van der Waals surface area contributed by atoms with Gasteiger partial charge in [0.1, 0.15) is 0 Å². The molecule has 1 aliphatic rings. The molecule has 224 valence electrons. The Bertz CT molecular complexity index is 1530. The van der Waals surface area contributed by atoms with Gasteiger partial charge in [0.15, 0.2) is 12.4 Å². The summed E-state index contributed by atoms with van der Waals surface area (Å²) in [4.78, 5) is 23.8. The molecule has 1 saturated heterocycles. The third-order valence-corrected chi connectivity index (χ3v) is 8.09. The summed E-state index contributed by atoms with van der Waals surface area (Å²) in [6.07, 6.45) is -2.25. The molecule has 1 amide bonds. The minimum absolute atomic E-state index is 0.0442. The number of para-hydroxylation sites is 1. The number of amides is 1. The standard InChI is InChI=1S/C31H33N5O6S/c1-19-27(18-43-31-33-34-35-36(31)26-10-5-4-6-11-26)41-30(42-28(19)23-14-12-22(17-37)13-15-23)24-8-7-9-25(16-24)32-29(39)20(2)40-21(3)38/h4-16,19-20,27-28,30,37H,17-18H2,1-3H3,(H,32,39)/t19-,20-,27+,28+,30+/m0/s1. The van der Waals surface area contributed by atoms with Crippen molar-refractivity contribution in [1.29, 1.82) is 0 Å². The molecule has 5 atom stereocenters. The highest BCUT2D eigenvalue weighted by Crippen LogP contribution is 2.43. The summed E-state index contributed by atoms with van der Waals surface area (Å²) in [5.41, 5.74) is 3.86. The molecular weight excluding hydrogens is 570 g/mol. The van der Waals surface area contributed by atoms with E-state index in [1.165, 1.54) is 25.6 Å². The van der Waals surface area contributed by atoms with Crippen molar-refractivity contribution >= 4 is 29.3 Å². The zero-order valence-electron chi connectivity index (χ0n) is 24.0. The van der Waals surface area contributed by atoms with E-state index < -0.39 is 24.3 Å². The number of tetrazole rings is 1. The fourth-order valence-electron chi connectivity index (χ4n) is 4.78. The second kappa shape index (κ2) is 13.9. The van der Waals surface area contributed by atoms with Gasteiger partial charge in [-0.25, -0.2) is 0 Å². The van der Waals surface area contributed by atoms with Gasteiger partial charge in [-0.15, -0.1) is 5.10 Å². The van der Waals surface area contributed by atoms with Gasteiger partial charge in [0, 0.05) is 29.8 Å². The van der Waals surface area contributed by atoms with Crippen LogP contribution in [-0.2, 0) is 30.4 Å². The normalized spacial score (nSPS) is 20.7. The van der Waals surface area contributed by atoms with Crippen molar-refractivity contribution in [2.75, 3.05) is 11.1 Å². The molecule has 0 unspecified atom stereocenters. The number of benzene rings is 3. The topological polar surface area (TPSA) is 138 Å². The molecule has 12 heteroatoms. The van der Waals surface area contributed by atoms with Crippen LogP contribution in [0.3, 0.4) is 0 Å². The number of carbonyl (C=O) groups is 2. The number of ether oxygens (including phenoxy) is 3. The van der Waals surface area contributed by atoms with Crippen LogP contribution >= 0.6 is 11.8 Å². The van der Waals surface area contributed by atoms with Crippen molar-refractivity contribution in [3.63, 3.8) is 0 Å². The summed E-state index contributed by atoms with van der Waals surface area (Å²) in [5.74, 6) is -0.472. The molecule has 0 aliphatic carbocycles. The Morgan fingerprint density at radius 1 is 1.05 bits per heavy atom. The van der Waals surface area contributed by atoms with E-state index in [4.69, 9.17) is 14.2 Å². The van der Waals surface area contributed by atoms with E-state index in [-0.39, 0.29) is 24.7 Å². The maximum absolute atomic E-state index is 12.6. The largest absolute Gasteiger partial charge is 0.453 e. The second-order valence-corrected chi connectivity index (χ2v) is 11.2. The van der Waals surface area contributed by atoms with E-state index in [9.17, 15) is 14.7 Å². The molecule has 2 heterocycles. The molecule has 5 rings (SSSR count). The number of hydrogen-bond acceptors (Lipinski definition) is 10. The first-order valence-corrected chi connectivity index (χ1v) is 14.9. The molecule has 43 heavy (non-hydrogen) atoms. The smallest absolute Gasteiger partial charge is 0.303 e. The first kappa shape index (κ1) is 30.4. The molecule has 0 spiro atoms. The Morgan fingerprint density at radius 2 is 1.81 bits per heavy atom. The molecule has 1 fully saturated rings. The molecular formula is C31H33N5O6S.